The zero-order chi connectivity index (χ0) is 18.9. The fourth-order valence-electron chi connectivity index (χ4n) is 4.25. The number of benzene rings is 1. The van der Waals surface area contributed by atoms with Crippen molar-refractivity contribution < 1.29 is 8.81 Å². The Morgan fingerprint density at radius 1 is 1.07 bits per heavy atom. The third-order valence-corrected chi connectivity index (χ3v) is 5.78. The maximum absolute atomic E-state index is 14.0. The van der Waals surface area contributed by atoms with Gasteiger partial charge >= 0.3 is 0 Å². The van der Waals surface area contributed by atoms with Crippen LogP contribution in [-0.2, 0) is 19.6 Å². The van der Waals surface area contributed by atoms with Gasteiger partial charge in [0.25, 0.3) is 0 Å². The molecule has 0 aliphatic carbocycles. The number of hydrogen-bond acceptors (Lipinski definition) is 5. The summed E-state index contributed by atoms with van der Waals surface area (Å²) in [5.41, 5.74) is 0.513. The van der Waals surface area contributed by atoms with E-state index in [9.17, 15) is 4.39 Å². The minimum atomic E-state index is -0.254. The van der Waals surface area contributed by atoms with Crippen LogP contribution in [0.5, 0.6) is 0 Å². The van der Waals surface area contributed by atoms with E-state index in [2.05, 4.69) is 25.0 Å². The van der Waals surface area contributed by atoms with Crippen molar-refractivity contribution in [1.29, 1.82) is 0 Å². The van der Waals surface area contributed by atoms with Gasteiger partial charge in [-0.3, -0.25) is 4.90 Å². The number of furan rings is 1. The van der Waals surface area contributed by atoms with Gasteiger partial charge < -0.3 is 14.3 Å². The zero-order valence-corrected chi connectivity index (χ0v) is 17.0. The second-order valence-electron chi connectivity index (χ2n) is 7.60. The van der Waals surface area contributed by atoms with Gasteiger partial charge in [-0.2, -0.15) is 0 Å². The molecule has 0 amide bonds. The molecule has 154 valence electrons. The molecule has 6 nitrogen and oxygen atoms in total. The maximum atomic E-state index is 14.0. The number of aromatic nitrogens is 3. The van der Waals surface area contributed by atoms with Crippen LogP contribution in [0.2, 0.25) is 0 Å². The van der Waals surface area contributed by atoms with E-state index in [-0.39, 0.29) is 18.2 Å². The summed E-state index contributed by atoms with van der Waals surface area (Å²) < 4.78 is 22.2. The number of nitrogens with one attached hydrogen (secondary N) is 1. The average Bonchev–Trinajstić information content (AvgIpc) is 3.36. The summed E-state index contributed by atoms with van der Waals surface area (Å²) in [5.74, 6) is 3.89. The zero-order valence-electron chi connectivity index (χ0n) is 16.2. The highest BCUT2D eigenvalue weighted by atomic mass is 35.5. The van der Waals surface area contributed by atoms with Gasteiger partial charge in [-0.1, -0.05) is 12.1 Å². The lowest BCUT2D eigenvalue weighted by atomic mass is 9.95. The summed E-state index contributed by atoms with van der Waals surface area (Å²) in [4.78, 5) is 2.40. The molecule has 8 heteroatoms. The highest BCUT2D eigenvalue weighted by Gasteiger charge is 2.27. The summed E-state index contributed by atoms with van der Waals surface area (Å²) in [6, 6.07) is 10.5. The second kappa shape index (κ2) is 8.65. The number of likely N-dealkylation sites (tertiary alicyclic amines) is 1. The maximum Gasteiger partial charge on any atom is 0.147 e. The van der Waals surface area contributed by atoms with Crippen LogP contribution >= 0.6 is 12.4 Å². The molecule has 0 unspecified atom stereocenters. The van der Waals surface area contributed by atoms with Crippen LogP contribution < -0.4 is 5.32 Å². The van der Waals surface area contributed by atoms with Crippen molar-refractivity contribution in [2.75, 3.05) is 19.6 Å². The highest BCUT2D eigenvalue weighted by molar-refractivity contribution is 5.85. The van der Waals surface area contributed by atoms with E-state index in [0.717, 1.165) is 69.5 Å². The molecule has 0 atom stereocenters. The smallest absolute Gasteiger partial charge is 0.147 e. The molecule has 1 saturated heterocycles. The Morgan fingerprint density at radius 2 is 1.90 bits per heavy atom. The molecule has 1 fully saturated rings. The molecule has 0 spiro atoms. The van der Waals surface area contributed by atoms with Gasteiger partial charge in [-0.25, -0.2) is 4.39 Å². The Balaban J connectivity index is 0.00000205. The van der Waals surface area contributed by atoms with E-state index in [1.54, 1.807) is 12.1 Å². The molecule has 1 aromatic carbocycles. The minimum Gasteiger partial charge on any atom is -0.460 e. The fraction of sp³-hybridized carbons (Fsp3) is 0.429. The van der Waals surface area contributed by atoms with Crippen molar-refractivity contribution in [2.45, 2.75) is 38.4 Å². The lowest BCUT2D eigenvalue weighted by Crippen LogP contribution is -2.34. The third kappa shape index (κ3) is 4.08. The van der Waals surface area contributed by atoms with Gasteiger partial charge in [-0.15, -0.1) is 22.6 Å². The van der Waals surface area contributed by atoms with Crippen LogP contribution in [0.4, 0.5) is 4.39 Å². The lowest BCUT2D eigenvalue weighted by molar-refractivity contribution is 0.187. The normalized spacial score (nSPS) is 17.7. The van der Waals surface area contributed by atoms with Crippen molar-refractivity contribution >= 4 is 12.4 Å². The van der Waals surface area contributed by atoms with Crippen LogP contribution in [-0.4, -0.2) is 39.3 Å². The summed E-state index contributed by atoms with van der Waals surface area (Å²) in [7, 11) is 0. The Bertz CT molecular complexity index is 964. The highest BCUT2D eigenvalue weighted by Crippen LogP contribution is 2.30. The van der Waals surface area contributed by atoms with Crippen LogP contribution in [0, 0.1) is 5.82 Å². The van der Waals surface area contributed by atoms with Gasteiger partial charge in [-0.05, 0) is 50.2 Å². The van der Waals surface area contributed by atoms with Crippen LogP contribution in [0.1, 0.15) is 36.2 Å². The monoisotopic (exact) mass is 417 g/mol. The lowest BCUT2D eigenvalue weighted by Gasteiger charge is -2.31. The fourth-order valence-corrected chi connectivity index (χ4v) is 4.25. The van der Waals surface area contributed by atoms with Crippen molar-refractivity contribution in [3.63, 3.8) is 0 Å². The van der Waals surface area contributed by atoms with Crippen molar-refractivity contribution in [1.82, 2.24) is 25.0 Å². The average molecular weight is 418 g/mol. The quantitative estimate of drug-likeness (QED) is 0.703. The van der Waals surface area contributed by atoms with E-state index in [1.165, 1.54) is 6.07 Å². The predicted molar refractivity (Wildman–Crippen MR) is 110 cm³/mol. The molecule has 5 rings (SSSR count). The molecule has 0 radical (unpaired) electrons. The van der Waals surface area contributed by atoms with Crippen molar-refractivity contribution in [3.05, 3.63) is 59.6 Å². The van der Waals surface area contributed by atoms with E-state index in [1.807, 2.05) is 18.2 Å². The molecular weight excluding hydrogens is 393 g/mol. The summed E-state index contributed by atoms with van der Waals surface area (Å²) in [5, 5.41) is 12.2. The number of rotatable bonds is 4. The summed E-state index contributed by atoms with van der Waals surface area (Å²) >= 11 is 0. The molecule has 1 N–H and O–H groups in total. The number of hydrogen-bond donors (Lipinski definition) is 1. The van der Waals surface area contributed by atoms with Crippen LogP contribution in [0.15, 0.2) is 40.8 Å². The number of piperidine rings is 1. The number of fused-ring (bicyclic) bond motifs is 1. The molecule has 29 heavy (non-hydrogen) atoms. The van der Waals surface area contributed by atoms with Gasteiger partial charge in [0.1, 0.15) is 29.0 Å². The molecule has 2 aliphatic rings. The first-order valence-electron chi connectivity index (χ1n) is 9.96. The van der Waals surface area contributed by atoms with Crippen LogP contribution in [0.3, 0.4) is 0 Å². The topological polar surface area (TPSA) is 59.1 Å². The molecule has 2 aromatic heterocycles. The Hall–Kier alpha value is -2.22. The van der Waals surface area contributed by atoms with E-state index in [0.29, 0.717) is 17.2 Å². The molecule has 0 bridgehead atoms. The van der Waals surface area contributed by atoms with E-state index < -0.39 is 0 Å². The first kappa shape index (κ1) is 20.1. The second-order valence-corrected chi connectivity index (χ2v) is 7.60. The van der Waals surface area contributed by atoms with Crippen molar-refractivity contribution in [3.8, 4) is 11.3 Å². The SMILES string of the molecule is Cl.Fc1ccccc1-c1ccc(CN2CCC(c3nnc4n3CCNC4)CC2)o1. The van der Waals surface area contributed by atoms with Crippen LogP contribution in [0.25, 0.3) is 11.3 Å². The van der Waals surface area contributed by atoms with Gasteiger partial charge in [0.15, 0.2) is 0 Å². The molecular formula is C21H25ClFN5O. The predicted octanol–water partition coefficient (Wildman–Crippen LogP) is 3.58. The first-order chi connectivity index (χ1) is 13.8. The number of halogens is 2. The Kier molecular flexibility index (Phi) is 5.99. The molecule has 4 heterocycles. The standard InChI is InChI=1S/C21H24FN5O.ClH/c22-18-4-2-1-3-17(18)19-6-5-16(28-19)14-26-10-7-15(8-11-26)21-25-24-20-13-23-9-12-27(20)21;/h1-6,15,23H,7-14H2;1H. The Labute approximate surface area is 175 Å². The molecule has 2 aliphatic heterocycles. The Morgan fingerprint density at radius 3 is 2.72 bits per heavy atom. The van der Waals surface area contributed by atoms with E-state index >= 15 is 0 Å². The van der Waals surface area contributed by atoms with Gasteiger partial charge in [0, 0.05) is 19.0 Å². The first-order valence-corrected chi connectivity index (χ1v) is 9.96. The largest absolute Gasteiger partial charge is 0.460 e. The third-order valence-electron chi connectivity index (χ3n) is 5.78. The molecule has 0 saturated carbocycles. The number of nitrogens with zero attached hydrogens (tertiary/aromatic N) is 4. The summed E-state index contributed by atoms with van der Waals surface area (Å²) in [6.45, 7) is 5.52. The van der Waals surface area contributed by atoms with Crippen molar-refractivity contribution in [2.24, 2.45) is 0 Å². The molecule has 3 aromatic rings. The van der Waals surface area contributed by atoms with E-state index in [4.69, 9.17) is 4.42 Å². The minimum absolute atomic E-state index is 0. The van der Waals surface area contributed by atoms with Gasteiger partial charge in [0.05, 0.1) is 18.7 Å². The van der Waals surface area contributed by atoms with Gasteiger partial charge in [0.2, 0.25) is 0 Å². The summed E-state index contributed by atoms with van der Waals surface area (Å²) in [6.07, 6.45) is 2.15.